The van der Waals surface area contributed by atoms with Crippen LogP contribution in [0.2, 0.25) is 0 Å². The highest BCUT2D eigenvalue weighted by Gasteiger charge is 2.69. The van der Waals surface area contributed by atoms with Gasteiger partial charge in [0, 0.05) is 30.2 Å². The molecule has 0 bridgehead atoms. The summed E-state index contributed by atoms with van der Waals surface area (Å²) < 4.78 is 30.6. The predicted molar refractivity (Wildman–Crippen MR) is 89.8 cm³/mol. The molecule has 0 radical (unpaired) electrons. The van der Waals surface area contributed by atoms with Crippen LogP contribution in [0.1, 0.15) is 37.8 Å². The van der Waals surface area contributed by atoms with Gasteiger partial charge in [0.25, 0.3) is 0 Å². The van der Waals surface area contributed by atoms with Gasteiger partial charge in [-0.3, -0.25) is 0 Å². The first-order valence-electron chi connectivity index (χ1n) is 8.05. The molecule has 1 aliphatic carbocycles. The molecule has 1 aliphatic rings. The van der Waals surface area contributed by atoms with Crippen molar-refractivity contribution in [2.45, 2.75) is 38.4 Å². The third kappa shape index (κ3) is 2.94. The van der Waals surface area contributed by atoms with Crippen molar-refractivity contribution in [3.63, 3.8) is 0 Å². The van der Waals surface area contributed by atoms with Crippen molar-refractivity contribution in [1.82, 2.24) is 0 Å². The molecule has 1 aromatic carbocycles. The number of benzene rings is 1. The zero-order valence-electron chi connectivity index (χ0n) is 13.7. The maximum absolute atomic E-state index is 12.5. The molecule has 2 N–H and O–H groups in total. The Bertz CT molecular complexity index is 597. The Morgan fingerprint density at radius 3 is 2.27 bits per heavy atom. The van der Waals surface area contributed by atoms with Crippen molar-refractivity contribution >= 4 is 9.84 Å². The first kappa shape index (κ1) is 17.4. The standard InChI is InChI=1S/C17H27NO3S/c1-4-13-7-9-14(10-8-13)15-16(22(19,20)6-3)17(15,11-18)12-21-5-2/h7-10,15-16H,4-6,11-12,18H2,1-3H3/t15-,16+,17+/m0/s1. The molecule has 0 aliphatic heterocycles. The monoisotopic (exact) mass is 325 g/mol. The number of hydrogen-bond acceptors (Lipinski definition) is 4. The quantitative estimate of drug-likeness (QED) is 0.795. The number of aryl methyl sites for hydroxylation is 1. The van der Waals surface area contributed by atoms with Crippen molar-refractivity contribution in [2.75, 3.05) is 25.5 Å². The Morgan fingerprint density at radius 2 is 1.82 bits per heavy atom. The summed E-state index contributed by atoms with van der Waals surface area (Å²) >= 11 is 0. The van der Waals surface area contributed by atoms with Crippen LogP contribution in [0, 0.1) is 5.41 Å². The first-order valence-corrected chi connectivity index (χ1v) is 9.76. The molecule has 3 atom stereocenters. The molecule has 5 heteroatoms. The molecule has 0 saturated heterocycles. The van der Waals surface area contributed by atoms with Gasteiger partial charge in [-0.05, 0) is 24.5 Å². The van der Waals surface area contributed by atoms with Crippen LogP contribution < -0.4 is 5.73 Å². The summed E-state index contributed by atoms with van der Waals surface area (Å²) in [5.74, 6) is 0.0923. The maximum Gasteiger partial charge on any atom is 0.154 e. The van der Waals surface area contributed by atoms with E-state index in [1.807, 2.05) is 19.1 Å². The fraction of sp³-hybridized carbons (Fsp3) is 0.647. The van der Waals surface area contributed by atoms with Gasteiger partial charge in [0.2, 0.25) is 0 Å². The molecule has 1 aromatic rings. The van der Waals surface area contributed by atoms with Crippen molar-refractivity contribution in [3.05, 3.63) is 35.4 Å². The van der Waals surface area contributed by atoms with E-state index in [9.17, 15) is 8.42 Å². The zero-order chi connectivity index (χ0) is 16.4. The third-order valence-electron chi connectivity index (χ3n) is 4.87. The molecule has 0 aromatic heterocycles. The van der Waals surface area contributed by atoms with Crippen molar-refractivity contribution in [2.24, 2.45) is 11.1 Å². The van der Waals surface area contributed by atoms with E-state index in [0.717, 1.165) is 12.0 Å². The molecule has 4 nitrogen and oxygen atoms in total. The normalized spacial score (nSPS) is 27.8. The van der Waals surface area contributed by atoms with Crippen LogP contribution in [0.5, 0.6) is 0 Å². The average molecular weight is 325 g/mol. The lowest BCUT2D eigenvalue weighted by Crippen LogP contribution is -2.29. The van der Waals surface area contributed by atoms with Crippen LogP contribution in [0.15, 0.2) is 24.3 Å². The van der Waals surface area contributed by atoms with Gasteiger partial charge in [-0.2, -0.15) is 0 Å². The molecular weight excluding hydrogens is 298 g/mol. The van der Waals surface area contributed by atoms with Crippen LogP contribution in [0.3, 0.4) is 0 Å². The minimum atomic E-state index is -3.15. The smallest absolute Gasteiger partial charge is 0.154 e. The van der Waals surface area contributed by atoms with Crippen LogP contribution in [-0.4, -0.2) is 39.2 Å². The molecule has 0 unspecified atom stereocenters. The van der Waals surface area contributed by atoms with E-state index in [-0.39, 0.29) is 11.7 Å². The summed E-state index contributed by atoms with van der Waals surface area (Å²) in [5.41, 5.74) is 7.83. The van der Waals surface area contributed by atoms with Gasteiger partial charge in [-0.15, -0.1) is 0 Å². The summed E-state index contributed by atoms with van der Waals surface area (Å²) in [4.78, 5) is 0. The lowest BCUT2D eigenvalue weighted by Gasteiger charge is -2.15. The van der Waals surface area contributed by atoms with E-state index in [1.165, 1.54) is 5.56 Å². The number of hydrogen-bond donors (Lipinski definition) is 1. The van der Waals surface area contributed by atoms with Gasteiger partial charge >= 0.3 is 0 Å². The second-order valence-electron chi connectivity index (χ2n) is 6.02. The van der Waals surface area contributed by atoms with E-state index in [0.29, 0.717) is 19.8 Å². The SMILES string of the molecule is CCOC[C@@]1(CN)[C@H](S(=O)(=O)CC)[C@@H]1c1ccc(CC)cc1. The molecule has 124 valence electrons. The Kier molecular flexibility index (Phi) is 5.30. The van der Waals surface area contributed by atoms with Crippen molar-refractivity contribution in [3.8, 4) is 0 Å². The molecular formula is C17H27NO3S. The molecule has 1 saturated carbocycles. The number of nitrogens with two attached hydrogens (primary N) is 1. The van der Waals surface area contributed by atoms with E-state index in [2.05, 4.69) is 19.1 Å². The van der Waals surface area contributed by atoms with Gasteiger partial charge < -0.3 is 10.5 Å². The zero-order valence-corrected chi connectivity index (χ0v) is 14.5. The van der Waals surface area contributed by atoms with E-state index in [1.54, 1.807) is 6.92 Å². The molecule has 2 rings (SSSR count). The first-order chi connectivity index (χ1) is 10.5. The minimum absolute atomic E-state index is 0.0556. The lowest BCUT2D eigenvalue weighted by atomic mass is 9.99. The van der Waals surface area contributed by atoms with Crippen LogP contribution in [-0.2, 0) is 21.0 Å². The fourth-order valence-corrected chi connectivity index (χ4v) is 5.58. The summed E-state index contributed by atoms with van der Waals surface area (Å²) in [7, 11) is -3.15. The van der Waals surface area contributed by atoms with E-state index < -0.39 is 20.5 Å². The Hall–Kier alpha value is -0.910. The fourth-order valence-electron chi connectivity index (χ4n) is 3.43. The van der Waals surface area contributed by atoms with Crippen molar-refractivity contribution in [1.29, 1.82) is 0 Å². The van der Waals surface area contributed by atoms with Crippen LogP contribution >= 0.6 is 0 Å². The predicted octanol–water partition coefficient (Wildman–Crippen LogP) is 2.13. The molecule has 0 spiro atoms. The molecule has 0 amide bonds. The van der Waals surface area contributed by atoms with E-state index in [4.69, 9.17) is 10.5 Å². The topological polar surface area (TPSA) is 69.4 Å². The lowest BCUT2D eigenvalue weighted by molar-refractivity contribution is 0.101. The number of ether oxygens (including phenoxy) is 1. The summed E-state index contributed by atoms with van der Waals surface area (Å²) in [6.07, 6.45) is 0.975. The average Bonchev–Trinajstić information content (AvgIpc) is 3.23. The maximum atomic E-state index is 12.5. The molecule has 22 heavy (non-hydrogen) atoms. The summed E-state index contributed by atoms with van der Waals surface area (Å²) in [6.45, 7) is 7.03. The summed E-state index contributed by atoms with van der Waals surface area (Å²) in [6, 6.07) is 8.24. The second-order valence-corrected chi connectivity index (χ2v) is 8.43. The Morgan fingerprint density at radius 1 is 1.18 bits per heavy atom. The second kappa shape index (κ2) is 6.69. The van der Waals surface area contributed by atoms with Gasteiger partial charge in [0.1, 0.15) is 0 Å². The van der Waals surface area contributed by atoms with Gasteiger partial charge in [0.05, 0.1) is 11.9 Å². The van der Waals surface area contributed by atoms with Crippen LogP contribution in [0.25, 0.3) is 0 Å². The highest BCUT2D eigenvalue weighted by atomic mass is 32.2. The third-order valence-corrected chi connectivity index (χ3v) is 7.19. The van der Waals surface area contributed by atoms with Crippen molar-refractivity contribution < 1.29 is 13.2 Å². The Balaban J connectivity index is 2.37. The number of rotatable bonds is 8. The van der Waals surface area contributed by atoms with Gasteiger partial charge in [-0.25, -0.2) is 8.42 Å². The largest absolute Gasteiger partial charge is 0.381 e. The Labute approximate surface area is 134 Å². The molecule has 1 fully saturated rings. The highest BCUT2D eigenvalue weighted by molar-refractivity contribution is 7.92. The van der Waals surface area contributed by atoms with Gasteiger partial charge in [-0.1, -0.05) is 38.1 Å². The minimum Gasteiger partial charge on any atom is -0.381 e. The van der Waals surface area contributed by atoms with Gasteiger partial charge in [0.15, 0.2) is 9.84 Å². The van der Waals surface area contributed by atoms with E-state index >= 15 is 0 Å². The number of sulfone groups is 1. The van der Waals surface area contributed by atoms with Crippen LogP contribution in [0.4, 0.5) is 0 Å². The highest BCUT2D eigenvalue weighted by Crippen LogP contribution is 2.62. The summed E-state index contributed by atoms with van der Waals surface area (Å²) in [5, 5.41) is -0.422. The molecule has 0 heterocycles.